The third-order valence-corrected chi connectivity index (χ3v) is 6.00. The Kier molecular flexibility index (Phi) is 6.29. The standard InChI is InChI=1S/C28H21F2N5O3/c1-14(35-28-23(27(32)33-13-34-28)24(31)16-5-3-7-19(36)11-16)26-22(15-4-2-6-17(29)10-15)25(37)20-12-18(30)8-9-21(20)38-26/h2-14,31,36H,1H3,(H3,32,33,34,35). The molecule has 3 aromatic carbocycles. The molecule has 0 aliphatic heterocycles. The first-order chi connectivity index (χ1) is 18.2. The maximum absolute atomic E-state index is 14.1. The van der Waals surface area contributed by atoms with Gasteiger partial charge >= 0.3 is 0 Å². The summed E-state index contributed by atoms with van der Waals surface area (Å²) in [7, 11) is 0. The molecule has 8 nitrogen and oxygen atoms in total. The van der Waals surface area contributed by atoms with Crippen molar-refractivity contribution in [1.29, 1.82) is 5.41 Å². The number of anilines is 2. The van der Waals surface area contributed by atoms with E-state index in [0.717, 1.165) is 6.07 Å². The van der Waals surface area contributed by atoms with Crippen LogP contribution in [-0.4, -0.2) is 20.8 Å². The Morgan fingerprint density at radius 2 is 1.82 bits per heavy atom. The summed E-state index contributed by atoms with van der Waals surface area (Å²) in [5.74, 6) is -0.862. The normalized spacial score (nSPS) is 11.9. The Labute approximate surface area is 214 Å². The Bertz CT molecular complexity index is 1770. The Morgan fingerprint density at radius 3 is 2.58 bits per heavy atom. The van der Waals surface area contributed by atoms with Crippen LogP contribution in [0.3, 0.4) is 0 Å². The minimum absolute atomic E-state index is 0.0119. The Balaban J connectivity index is 1.65. The summed E-state index contributed by atoms with van der Waals surface area (Å²) < 4.78 is 34.2. The van der Waals surface area contributed by atoms with Gasteiger partial charge in [0.2, 0.25) is 5.43 Å². The minimum Gasteiger partial charge on any atom is -0.508 e. The van der Waals surface area contributed by atoms with Gasteiger partial charge in [-0.15, -0.1) is 0 Å². The zero-order valence-corrected chi connectivity index (χ0v) is 20.0. The maximum atomic E-state index is 14.1. The van der Waals surface area contributed by atoms with Gasteiger partial charge in [0.05, 0.1) is 28.3 Å². The lowest BCUT2D eigenvalue weighted by molar-refractivity contribution is 0.475. The molecule has 5 aromatic rings. The van der Waals surface area contributed by atoms with Gasteiger partial charge in [0, 0.05) is 5.56 Å². The molecule has 0 fully saturated rings. The van der Waals surface area contributed by atoms with E-state index in [4.69, 9.17) is 15.6 Å². The summed E-state index contributed by atoms with van der Waals surface area (Å²) in [6.07, 6.45) is 1.22. The second-order valence-electron chi connectivity index (χ2n) is 8.60. The maximum Gasteiger partial charge on any atom is 0.200 e. The van der Waals surface area contributed by atoms with Crippen molar-refractivity contribution in [3.8, 4) is 16.9 Å². The van der Waals surface area contributed by atoms with Crippen LogP contribution in [-0.2, 0) is 0 Å². The summed E-state index contributed by atoms with van der Waals surface area (Å²) in [6.45, 7) is 1.69. The van der Waals surface area contributed by atoms with Crippen LogP contribution in [0.1, 0.15) is 29.9 Å². The molecule has 5 rings (SSSR count). The molecular weight excluding hydrogens is 492 g/mol. The van der Waals surface area contributed by atoms with E-state index in [0.29, 0.717) is 5.56 Å². The number of aromatic hydroxyl groups is 1. The number of nitrogens with zero attached hydrogens (tertiary/aromatic N) is 2. The third kappa shape index (κ3) is 4.55. The van der Waals surface area contributed by atoms with Crippen LogP contribution in [0.25, 0.3) is 22.1 Å². The predicted octanol–water partition coefficient (Wildman–Crippen LogP) is 5.41. The molecule has 1 atom stereocenters. The second-order valence-corrected chi connectivity index (χ2v) is 8.60. The first-order valence-electron chi connectivity index (χ1n) is 11.5. The van der Waals surface area contributed by atoms with Crippen LogP contribution >= 0.6 is 0 Å². The number of rotatable bonds is 6. The van der Waals surface area contributed by atoms with Crippen molar-refractivity contribution in [2.45, 2.75) is 13.0 Å². The zero-order valence-electron chi connectivity index (χ0n) is 20.0. The van der Waals surface area contributed by atoms with E-state index >= 15 is 0 Å². The Morgan fingerprint density at radius 1 is 1.05 bits per heavy atom. The van der Waals surface area contributed by atoms with Crippen LogP contribution in [0.4, 0.5) is 20.4 Å². The summed E-state index contributed by atoms with van der Waals surface area (Å²) >= 11 is 0. The van der Waals surface area contributed by atoms with E-state index in [1.54, 1.807) is 25.1 Å². The summed E-state index contributed by atoms with van der Waals surface area (Å²) in [4.78, 5) is 21.8. The highest BCUT2D eigenvalue weighted by atomic mass is 19.1. The average molecular weight is 514 g/mol. The second kappa shape index (κ2) is 9.74. The number of hydrogen-bond acceptors (Lipinski definition) is 8. The van der Waals surface area contributed by atoms with Crippen molar-refractivity contribution in [2.24, 2.45) is 0 Å². The van der Waals surface area contributed by atoms with Crippen molar-refractivity contribution in [3.63, 3.8) is 0 Å². The molecule has 0 saturated carbocycles. The van der Waals surface area contributed by atoms with Crippen molar-refractivity contribution in [2.75, 3.05) is 11.1 Å². The molecule has 38 heavy (non-hydrogen) atoms. The fourth-order valence-electron chi connectivity index (χ4n) is 4.24. The number of phenols is 1. The minimum atomic E-state index is -0.750. The van der Waals surface area contributed by atoms with E-state index in [2.05, 4.69) is 15.3 Å². The van der Waals surface area contributed by atoms with Gasteiger partial charge < -0.3 is 20.6 Å². The fraction of sp³-hybridized carbons (Fsp3) is 0.0714. The number of fused-ring (bicyclic) bond motifs is 1. The summed E-state index contributed by atoms with van der Waals surface area (Å²) in [5.41, 5.74) is 6.54. The molecule has 5 N–H and O–H groups in total. The van der Waals surface area contributed by atoms with E-state index in [9.17, 15) is 18.7 Å². The number of phenolic OH excluding ortho intramolecular Hbond substituents is 1. The van der Waals surface area contributed by atoms with Gasteiger partial charge in [-0.3, -0.25) is 10.2 Å². The smallest absolute Gasteiger partial charge is 0.200 e. The fourth-order valence-corrected chi connectivity index (χ4v) is 4.24. The van der Waals surface area contributed by atoms with Crippen LogP contribution in [0.2, 0.25) is 0 Å². The molecule has 0 aliphatic carbocycles. The molecule has 2 aromatic heterocycles. The lowest BCUT2D eigenvalue weighted by Crippen LogP contribution is -2.19. The summed E-state index contributed by atoms with van der Waals surface area (Å²) in [5, 5.41) is 21.7. The molecule has 1 unspecified atom stereocenters. The van der Waals surface area contributed by atoms with E-state index < -0.39 is 23.1 Å². The zero-order chi connectivity index (χ0) is 27.0. The molecular formula is C28H21F2N5O3. The van der Waals surface area contributed by atoms with Crippen LogP contribution in [0, 0.1) is 17.0 Å². The van der Waals surface area contributed by atoms with Crippen molar-refractivity contribution >= 4 is 28.3 Å². The molecule has 0 spiro atoms. The molecule has 2 heterocycles. The number of halogens is 2. The van der Waals surface area contributed by atoms with Crippen molar-refractivity contribution < 1.29 is 18.3 Å². The first-order valence-corrected chi connectivity index (χ1v) is 11.5. The van der Waals surface area contributed by atoms with Gasteiger partial charge in [0.15, 0.2) is 0 Å². The lowest BCUT2D eigenvalue weighted by Gasteiger charge is -2.20. The first kappa shape index (κ1) is 24.6. The summed E-state index contributed by atoms with van der Waals surface area (Å²) in [6, 6.07) is 14.4. The van der Waals surface area contributed by atoms with Crippen LogP contribution in [0.15, 0.2) is 82.3 Å². The molecule has 0 aliphatic rings. The number of benzene rings is 3. The van der Waals surface area contributed by atoms with E-state index in [-0.39, 0.29) is 56.5 Å². The predicted molar refractivity (Wildman–Crippen MR) is 140 cm³/mol. The third-order valence-electron chi connectivity index (χ3n) is 6.00. The highest BCUT2D eigenvalue weighted by molar-refractivity contribution is 6.16. The molecule has 0 saturated heterocycles. The molecule has 0 amide bonds. The van der Waals surface area contributed by atoms with Gasteiger partial charge in [0.1, 0.15) is 46.7 Å². The number of hydrogen-bond donors (Lipinski definition) is 4. The average Bonchev–Trinajstić information content (AvgIpc) is 2.88. The number of nitrogens with one attached hydrogen (secondary N) is 2. The number of aromatic nitrogens is 2. The van der Waals surface area contributed by atoms with Crippen LogP contribution in [0.5, 0.6) is 5.75 Å². The number of nitrogens with two attached hydrogens (primary N) is 1. The largest absolute Gasteiger partial charge is 0.508 e. The highest BCUT2D eigenvalue weighted by Gasteiger charge is 2.24. The Hall–Kier alpha value is -5.12. The van der Waals surface area contributed by atoms with Gasteiger partial charge in [-0.05, 0) is 55.0 Å². The molecule has 190 valence electrons. The van der Waals surface area contributed by atoms with Gasteiger partial charge in [-0.1, -0.05) is 24.3 Å². The van der Waals surface area contributed by atoms with Gasteiger partial charge in [-0.2, -0.15) is 0 Å². The molecule has 10 heteroatoms. The highest BCUT2D eigenvalue weighted by Crippen LogP contribution is 2.33. The van der Waals surface area contributed by atoms with Gasteiger partial charge in [-0.25, -0.2) is 18.7 Å². The molecule has 0 radical (unpaired) electrons. The van der Waals surface area contributed by atoms with Crippen molar-refractivity contribution in [3.05, 3.63) is 112 Å². The SMILES string of the molecule is CC(Nc1ncnc(N)c1C(=N)c1cccc(O)c1)c1oc2ccc(F)cc2c(=O)c1-c1cccc(F)c1. The molecule has 0 bridgehead atoms. The van der Waals surface area contributed by atoms with E-state index in [1.165, 1.54) is 48.8 Å². The van der Waals surface area contributed by atoms with E-state index in [1.807, 2.05) is 0 Å². The topological polar surface area (TPSA) is 138 Å². The lowest BCUT2D eigenvalue weighted by atomic mass is 9.98. The van der Waals surface area contributed by atoms with Crippen molar-refractivity contribution in [1.82, 2.24) is 9.97 Å². The van der Waals surface area contributed by atoms with Gasteiger partial charge in [0.25, 0.3) is 0 Å². The number of nitrogen functional groups attached to an aromatic ring is 1. The van der Waals surface area contributed by atoms with Crippen LogP contribution < -0.4 is 16.5 Å². The monoisotopic (exact) mass is 513 g/mol. The quantitative estimate of drug-likeness (QED) is 0.223.